The summed E-state index contributed by atoms with van der Waals surface area (Å²) >= 11 is 4.50. The first-order chi connectivity index (χ1) is 7.60. The Hall–Kier alpha value is -0.430. The van der Waals surface area contributed by atoms with E-state index in [0.29, 0.717) is 11.8 Å². The van der Waals surface area contributed by atoms with Crippen molar-refractivity contribution in [3.05, 3.63) is 34.9 Å². The zero-order valence-electron chi connectivity index (χ0n) is 11.0. The van der Waals surface area contributed by atoms with Crippen molar-refractivity contribution in [3.63, 3.8) is 0 Å². The molecule has 0 nitrogen and oxygen atoms in total. The van der Waals surface area contributed by atoms with Gasteiger partial charge in [-0.05, 0) is 49.0 Å². The molecule has 1 rings (SSSR count). The zero-order chi connectivity index (χ0) is 12.1. The highest BCUT2D eigenvalue weighted by Gasteiger charge is 2.18. The lowest BCUT2D eigenvalue weighted by molar-refractivity contribution is 0.455. The highest BCUT2D eigenvalue weighted by molar-refractivity contribution is 7.80. The summed E-state index contributed by atoms with van der Waals surface area (Å²) in [6, 6.07) is 6.77. The Kier molecular flexibility index (Phi) is 5.40. The van der Waals surface area contributed by atoms with Crippen molar-refractivity contribution in [3.8, 4) is 0 Å². The molecule has 0 fully saturated rings. The summed E-state index contributed by atoms with van der Waals surface area (Å²) in [5, 5.41) is 0. The van der Waals surface area contributed by atoms with Crippen LogP contribution >= 0.6 is 12.6 Å². The van der Waals surface area contributed by atoms with Crippen molar-refractivity contribution in [1.82, 2.24) is 0 Å². The van der Waals surface area contributed by atoms with Gasteiger partial charge >= 0.3 is 0 Å². The van der Waals surface area contributed by atoms with Gasteiger partial charge < -0.3 is 0 Å². The molecule has 1 aromatic rings. The van der Waals surface area contributed by atoms with Crippen LogP contribution in [0.2, 0.25) is 0 Å². The Morgan fingerprint density at radius 1 is 1.25 bits per heavy atom. The molecule has 0 amide bonds. The monoisotopic (exact) mass is 236 g/mol. The first kappa shape index (κ1) is 13.6. The van der Waals surface area contributed by atoms with E-state index < -0.39 is 0 Å². The Balaban J connectivity index is 2.93. The molecule has 0 bridgehead atoms. The summed E-state index contributed by atoms with van der Waals surface area (Å²) in [4.78, 5) is 0. The molecule has 0 saturated heterocycles. The van der Waals surface area contributed by atoms with Gasteiger partial charge in [0.15, 0.2) is 0 Å². The van der Waals surface area contributed by atoms with Crippen LogP contribution in [0.25, 0.3) is 0 Å². The van der Waals surface area contributed by atoms with E-state index >= 15 is 0 Å². The molecule has 1 aromatic carbocycles. The van der Waals surface area contributed by atoms with Crippen molar-refractivity contribution in [2.24, 2.45) is 5.92 Å². The van der Waals surface area contributed by atoms with E-state index in [0.717, 1.165) is 5.75 Å². The van der Waals surface area contributed by atoms with E-state index in [-0.39, 0.29) is 0 Å². The van der Waals surface area contributed by atoms with Gasteiger partial charge in [0.25, 0.3) is 0 Å². The fraction of sp³-hybridized carbons (Fsp3) is 0.600. The molecule has 0 spiro atoms. The van der Waals surface area contributed by atoms with Gasteiger partial charge in [-0.3, -0.25) is 0 Å². The molecule has 0 aromatic heterocycles. The van der Waals surface area contributed by atoms with Gasteiger partial charge in [0.2, 0.25) is 0 Å². The van der Waals surface area contributed by atoms with Gasteiger partial charge in [-0.1, -0.05) is 44.0 Å². The first-order valence-corrected chi connectivity index (χ1v) is 6.91. The summed E-state index contributed by atoms with van der Waals surface area (Å²) in [7, 11) is 0. The second kappa shape index (κ2) is 6.34. The van der Waals surface area contributed by atoms with Gasteiger partial charge in [-0.15, -0.1) is 0 Å². The number of benzene rings is 1. The number of rotatable bonds is 5. The third kappa shape index (κ3) is 3.28. The van der Waals surface area contributed by atoms with Gasteiger partial charge in [-0.25, -0.2) is 0 Å². The van der Waals surface area contributed by atoms with Gasteiger partial charge in [0.1, 0.15) is 0 Å². The van der Waals surface area contributed by atoms with Crippen LogP contribution in [-0.2, 0) is 0 Å². The molecule has 0 N–H and O–H groups in total. The maximum atomic E-state index is 4.50. The molecule has 1 heteroatoms. The average molecular weight is 236 g/mol. The van der Waals surface area contributed by atoms with E-state index in [9.17, 15) is 0 Å². The topological polar surface area (TPSA) is 0 Å². The van der Waals surface area contributed by atoms with E-state index in [1.807, 2.05) is 0 Å². The third-order valence-corrected chi connectivity index (χ3v) is 4.00. The number of thiol groups is 1. The summed E-state index contributed by atoms with van der Waals surface area (Å²) in [6.07, 6.45) is 2.53. The minimum absolute atomic E-state index is 0.623. The fourth-order valence-corrected chi connectivity index (χ4v) is 2.87. The van der Waals surface area contributed by atoms with Crippen molar-refractivity contribution in [2.75, 3.05) is 5.75 Å². The van der Waals surface area contributed by atoms with Crippen LogP contribution < -0.4 is 0 Å². The van der Waals surface area contributed by atoms with Crippen LogP contribution in [-0.4, -0.2) is 5.75 Å². The lowest BCUT2D eigenvalue weighted by Crippen LogP contribution is -2.13. The van der Waals surface area contributed by atoms with Crippen molar-refractivity contribution < 1.29 is 0 Å². The normalized spacial score (nSPS) is 14.8. The van der Waals surface area contributed by atoms with Gasteiger partial charge in [-0.2, -0.15) is 12.6 Å². The molecule has 0 aliphatic carbocycles. The van der Waals surface area contributed by atoms with Crippen LogP contribution in [0.1, 0.15) is 49.3 Å². The van der Waals surface area contributed by atoms with Gasteiger partial charge in [0, 0.05) is 0 Å². The van der Waals surface area contributed by atoms with Crippen LogP contribution in [0, 0.1) is 19.8 Å². The van der Waals surface area contributed by atoms with E-state index in [1.165, 1.54) is 29.5 Å². The molecule has 0 aliphatic heterocycles. The van der Waals surface area contributed by atoms with Crippen LogP contribution in [0.5, 0.6) is 0 Å². The molecule has 0 heterocycles. The molecule has 0 aliphatic rings. The largest absolute Gasteiger partial charge is 0.179 e. The number of aryl methyl sites for hydroxylation is 2. The second-order valence-corrected chi connectivity index (χ2v) is 5.25. The average Bonchev–Trinajstić information content (AvgIpc) is 2.28. The smallest absolute Gasteiger partial charge is 0.00638 e. The van der Waals surface area contributed by atoms with Crippen LogP contribution in [0.4, 0.5) is 0 Å². The Bertz CT molecular complexity index is 330. The summed E-state index contributed by atoms with van der Waals surface area (Å²) in [5.41, 5.74) is 4.29. The van der Waals surface area contributed by atoms with E-state index in [2.05, 4.69) is 58.5 Å². The minimum Gasteiger partial charge on any atom is -0.179 e. The SMILES string of the molecule is CCCC(CS)[C@H](C)c1cc(C)ccc1C. The zero-order valence-corrected chi connectivity index (χ0v) is 11.8. The third-order valence-electron chi connectivity index (χ3n) is 3.53. The molecule has 0 saturated carbocycles. The molecule has 1 unspecified atom stereocenters. The van der Waals surface area contributed by atoms with Gasteiger partial charge in [0.05, 0.1) is 0 Å². The summed E-state index contributed by atoms with van der Waals surface area (Å²) in [5.74, 6) is 2.31. The highest BCUT2D eigenvalue weighted by atomic mass is 32.1. The van der Waals surface area contributed by atoms with Crippen molar-refractivity contribution >= 4 is 12.6 Å². The standard InChI is InChI=1S/C15H24S/c1-5-6-14(10-16)13(4)15-9-11(2)7-8-12(15)3/h7-9,13-14,16H,5-6,10H2,1-4H3/t13-,14?/m0/s1. The Labute approximate surface area is 106 Å². The van der Waals surface area contributed by atoms with Crippen molar-refractivity contribution in [1.29, 1.82) is 0 Å². The summed E-state index contributed by atoms with van der Waals surface area (Å²) < 4.78 is 0. The first-order valence-electron chi connectivity index (χ1n) is 6.28. The maximum Gasteiger partial charge on any atom is -0.00638 e. The predicted molar refractivity (Wildman–Crippen MR) is 76.6 cm³/mol. The number of hydrogen-bond acceptors (Lipinski definition) is 1. The van der Waals surface area contributed by atoms with Crippen LogP contribution in [0.15, 0.2) is 18.2 Å². The van der Waals surface area contributed by atoms with E-state index in [4.69, 9.17) is 0 Å². The number of hydrogen-bond donors (Lipinski definition) is 1. The molecule has 90 valence electrons. The molecular weight excluding hydrogens is 212 g/mol. The molecular formula is C15H24S. The summed E-state index contributed by atoms with van der Waals surface area (Å²) in [6.45, 7) is 8.99. The predicted octanol–water partition coefficient (Wildman–Crippen LogP) is 4.75. The van der Waals surface area contributed by atoms with Crippen LogP contribution in [0.3, 0.4) is 0 Å². The second-order valence-electron chi connectivity index (χ2n) is 4.88. The molecule has 0 radical (unpaired) electrons. The molecule has 2 atom stereocenters. The Morgan fingerprint density at radius 3 is 2.50 bits per heavy atom. The fourth-order valence-electron chi connectivity index (χ4n) is 2.37. The quantitative estimate of drug-likeness (QED) is 0.701. The lowest BCUT2D eigenvalue weighted by atomic mass is 9.83. The maximum absolute atomic E-state index is 4.50. The van der Waals surface area contributed by atoms with Crippen molar-refractivity contribution in [2.45, 2.75) is 46.5 Å². The highest BCUT2D eigenvalue weighted by Crippen LogP contribution is 2.31. The van der Waals surface area contributed by atoms with E-state index in [1.54, 1.807) is 0 Å². The lowest BCUT2D eigenvalue weighted by Gasteiger charge is -2.24. The minimum atomic E-state index is 0.623. The molecule has 16 heavy (non-hydrogen) atoms. The Morgan fingerprint density at radius 2 is 1.94 bits per heavy atom.